The molecule has 0 radical (unpaired) electrons. The van der Waals surface area contributed by atoms with Gasteiger partial charge in [-0.05, 0) is 18.1 Å². The van der Waals surface area contributed by atoms with Crippen molar-refractivity contribution in [2.45, 2.75) is 6.92 Å². The van der Waals surface area contributed by atoms with Crippen molar-refractivity contribution in [1.29, 1.82) is 0 Å². The number of thiazole rings is 1. The van der Waals surface area contributed by atoms with Crippen LogP contribution in [0.2, 0.25) is 0 Å². The number of rotatable bonds is 2. The van der Waals surface area contributed by atoms with Gasteiger partial charge < -0.3 is 4.57 Å². The van der Waals surface area contributed by atoms with E-state index in [2.05, 4.69) is 4.99 Å². The number of hydrogen-bond acceptors (Lipinski definition) is 2. The second-order valence-corrected chi connectivity index (χ2v) is 4.81. The number of aromatic nitrogens is 1. The quantitative estimate of drug-likeness (QED) is 0.762. The molecule has 1 heterocycles. The maximum absolute atomic E-state index is 11.8. The summed E-state index contributed by atoms with van der Waals surface area (Å²) in [6.07, 6.45) is 3.44. The minimum absolute atomic E-state index is 0.227. The van der Waals surface area contributed by atoms with Crippen LogP contribution in [0.15, 0.2) is 53.0 Å². The molecule has 2 aromatic rings. The summed E-state index contributed by atoms with van der Waals surface area (Å²) in [5.74, 6) is -0.227. The highest BCUT2D eigenvalue weighted by Crippen LogP contribution is 2.12. The monoisotopic (exact) mass is 258 g/mol. The summed E-state index contributed by atoms with van der Waals surface area (Å²) in [5, 5.41) is 1.90. The number of allylic oxidation sites excluding steroid dienone is 1. The zero-order chi connectivity index (χ0) is 13.0. The van der Waals surface area contributed by atoms with Crippen LogP contribution in [0.5, 0.6) is 0 Å². The lowest BCUT2D eigenvalue weighted by Crippen LogP contribution is -2.11. The predicted molar refractivity (Wildman–Crippen MR) is 74.0 cm³/mol. The number of carbonyl (C=O) groups is 1. The van der Waals surface area contributed by atoms with E-state index in [-0.39, 0.29) is 5.91 Å². The number of carbonyl (C=O) groups excluding carboxylic acids is 1. The maximum atomic E-state index is 11.8. The Bertz CT molecular complexity index is 635. The number of benzene rings is 1. The van der Waals surface area contributed by atoms with E-state index in [0.29, 0.717) is 4.80 Å². The molecule has 3 nitrogen and oxygen atoms in total. The molecule has 0 saturated carbocycles. The normalized spacial score (nSPS) is 12.8. The van der Waals surface area contributed by atoms with Crippen LogP contribution in [0.3, 0.4) is 0 Å². The largest absolute Gasteiger partial charge is 0.327 e. The van der Waals surface area contributed by atoms with Gasteiger partial charge in [0, 0.05) is 24.7 Å². The van der Waals surface area contributed by atoms with Gasteiger partial charge in [0.1, 0.15) is 0 Å². The summed E-state index contributed by atoms with van der Waals surface area (Å²) >= 11 is 1.45. The molecule has 0 N–H and O–H groups in total. The van der Waals surface area contributed by atoms with Crippen molar-refractivity contribution >= 4 is 22.8 Å². The summed E-state index contributed by atoms with van der Waals surface area (Å²) in [4.78, 5) is 16.6. The van der Waals surface area contributed by atoms with E-state index in [1.54, 1.807) is 6.08 Å². The second-order valence-electron chi connectivity index (χ2n) is 3.94. The van der Waals surface area contributed by atoms with Crippen LogP contribution in [0.25, 0.3) is 5.57 Å². The van der Waals surface area contributed by atoms with Crippen LogP contribution in [0.4, 0.5) is 0 Å². The van der Waals surface area contributed by atoms with Crippen molar-refractivity contribution in [3.05, 3.63) is 58.3 Å². The maximum Gasteiger partial charge on any atom is 0.272 e. The molecule has 0 aliphatic rings. The van der Waals surface area contributed by atoms with Gasteiger partial charge in [-0.3, -0.25) is 4.79 Å². The van der Waals surface area contributed by atoms with E-state index < -0.39 is 0 Å². The predicted octanol–water partition coefficient (Wildman–Crippen LogP) is 2.62. The first-order valence-electron chi connectivity index (χ1n) is 5.59. The Morgan fingerprint density at radius 1 is 1.33 bits per heavy atom. The summed E-state index contributed by atoms with van der Waals surface area (Å²) in [5.41, 5.74) is 1.96. The molecule has 4 heteroatoms. The Morgan fingerprint density at radius 3 is 2.67 bits per heavy atom. The molecule has 92 valence electrons. The Kier molecular flexibility index (Phi) is 3.89. The first kappa shape index (κ1) is 12.5. The fourth-order valence-corrected chi connectivity index (χ4v) is 2.27. The molecule has 0 saturated heterocycles. The van der Waals surface area contributed by atoms with Crippen LogP contribution in [0.1, 0.15) is 12.5 Å². The van der Waals surface area contributed by atoms with Crippen LogP contribution >= 0.6 is 11.3 Å². The highest BCUT2D eigenvalue weighted by atomic mass is 32.1. The highest BCUT2D eigenvalue weighted by Gasteiger charge is 1.99. The van der Waals surface area contributed by atoms with Crippen LogP contribution in [-0.2, 0) is 11.8 Å². The molecule has 0 spiro atoms. The van der Waals surface area contributed by atoms with Crippen molar-refractivity contribution in [1.82, 2.24) is 4.57 Å². The highest BCUT2D eigenvalue weighted by molar-refractivity contribution is 7.07. The SMILES string of the molecule is CC(=CC(=O)N=c1sccn1C)c1ccccc1. The standard InChI is InChI=1S/C14H14N2OS/c1-11(12-6-4-3-5-7-12)10-13(17)15-14-16(2)8-9-18-14/h3-10H,1-2H3. The fraction of sp³-hybridized carbons (Fsp3) is 0.143. The van der Waals surface area contributed by atoms with E-state index in [9.17, 15) is 4.79 Å². The molecular formula is C14H14N2OS. The van der Waals surface area contributed by atoms with Crippen LogP contribution in [-0.4, -0.2) is 10.5 Å². The van der Waals surface area contributed by atoms with Crippen LogP contribution in [0, 0.1) is 0 Å². The van der Waals surface area contributed by atoms with Gasteiger partial charge in [0.05, 0.1) is 0 Å². The summed E-state index contributed by atoms with van der Waals surface area (Å²) in [6, 6.07) is 9.81. The van der Waals surface area contributed by atoms with Gasteiger partial charge in [0.2, 0.25) is 0 Å². The van der Waals surface area contributed by atoms with Crippen molar-refractivity contribution in [3.63, 3.8) is 0 Å². The lowest BCUT2D eigenvalue weighted by Gasteiger charge is -1.98. The Morgan fingerprint density at radius 2 is 2.06 bits per heavy atom. The second kappa shape index (κ2) is 5.60. The van der Waals surface area contributed by atoms with E-state index in [0.717, 1.165) is 11.1 Å². The number of nitrogens with zero attached hydrogens (tertiary/aromatic N) is 2. The van der Waals surface area contributed by atoms with Crippen molar-refractivity contribution in [2.24, 2.45) is 12.0 Å². The average Bonchev–Trinajstić information content (AvgIpc) is 2.76. The lowest BCUT2D eigenvalue weighted by atomic mass is 10.1. The molecule has 2 rings (SSSR count). The smallest absolute Gasteiger partial charge is 0.272 e. The van der Waals surface area contributed by atoms with E-state index in [1.165, 1.54) is 11.3 Å². The lowest BCUT2D eigenvalue weighted by molar-refractivity contribution is -0.113. The number of hydrogen-bond donors (Lipinski definition) is 0. The first-order valence-corrected chi connectivity index (χ1v) is 6.47. The van der Waals surface area contributed by atoms with Gasteiger partial charge in [-0.1, -0.05) is 30.3 Å². The number of amides is 1. The molecule has 0 bridgehead atoms. The number of aryl methyl sites for hydroxylation is 1. The molecule has 1 amide bonds. The minimum Gasteiger partial charge on any atom is -0.327 e. The molecule has 0 fully saturated rings. The Labute approximate surface area is 110 Å². The van der Waals surface area contributed by atoms with E-state index >= 15 is 0 Å². The van der Waals surface area contributed by atoms with Gasteiger partial charge in [-0.2, -0.15) is 4.99 Å². The van der Waals surface area contributed by atoms with Gasteiger partial charge in [-0.15, -0.1) is 11.3 Å². The molecule has 0 aliphatic carbocycles. The molecule has 0 atom stereocenters. The fourth-order valence-electron chi connectivity index (χ4n) is 1.53. The zero-order valence-electron chi connectivity index (χ0n) is 10.3. The van der Waals surface area contributed by atoms with Gasteiger partial charge in [-0.25, -0.2) is 0 Å². The zero-order valence-corrected chi connectivity index (χ0v) is 11.1. The molecule has 1 aromatic carbocycles. The van der Waals surface area contributed by atoms with Gasteiger partial charge in [0.15, 0.2) is 4.80 Å². The summed E-state index contributed by atoms with van der Waals surface area (Å²) in [6.45, 7) is 1.91. The first-order chi connectivity index (χ1) is 8.66. The summed E-state index contributed by atoms with van der Waals surface area (Å²) in [7, 11) is 1.87. The van der Waals surface area contributed by atoms with Gasteiger partial charge in [0.25, 0.3) is 5.91 Å². The van der Waals surface area contributed by atoms with Crippen LogP contribution < -0.4 is 4.80 Å². The van der Waals surface area contributed by atoms with Crippen molar-refractivity contribution in [3.8, 4) is 0 Å². The van der Waals surface area contributed by atoms with E-state index in [1.807, 2.05) is 60.4 Å². The molecule has 0 unspecified atom stereocenters. The average molecular weight is 258 g/mol. The third kappa shape index (κ3) is 3.05. The molecule has 18 heavy (non-hydrogen) atoms. The van der Waals surface area contributed by atoms with Gasteiger partial charge >= 0.3 is 0 Å². The third-order valence-corrected chi connectivity index (χ3v) is 3.38. The molecule has 1 aromatic heterocycles. The Balaban J connectivity index is 2.25. The van der Waals surface area contributed by atoms with Crippen molar-refractivity contribution in [2.75, 3.05) is 0 Å². The minimum atomic E-state index is -0.227. The molecule has 0 aliphatic heterocycles. The van der Waals surface area contributed by atoms with Crippen molar-refractivity contribution < 1.29 is 4.79 Å². The topological polar surface area (TPSA) is 34.4 Å². The third-order valence-electron chi connectivity index (χ3n) is 2.53. The van der Waals surface area contributed by atoms with E-state index in [4.69, 9.17) is 0 Å². The summed E-state index contributed by atoms with van der Waals surface area (Å²) < 4.78 is 1.83. The molecular weight excluding hydrogens is 244 g/mol. The Hall–Kier alpha value is -1.94.